The Kier molecular flexibility index (Phi) is 4.73. The number of aromatic nitrogens is 1. The number of aryl methyl sites for hydroxylation is 1. The molecular formula is C19H26FN3. The molecule has 1 aliphatic heterocycles. The van der Waals surface area contributed by atoms with Crippen LogP contribution >= 0.6 is 0 Å². The van der Waals surface area contributed by atoms with E-state index in [1.54, 1.807) is 6.07 Å². The quantitative estimate of drug-likeness (QED) is 0.806. The fourth-order valence-corrected chi connectivity index (χ4v) is 3.11. The molecule has 0 N–H and O–H groups in total. The van der Waals surface area contributed by atoms with Gasteiger partial charge in [-0.1, -0.05) is 6.08 Å². The van der Waals surface area contributed by atoms with E-state index in [-0.39, 0.29) is 11.4 Å². The van der Waals surface area contributed by atoms with Gasteiger partial charge in [0.05, 0.1) is 11.7 Å². The minimum absolute atomic E-state index is 0.300. The summed E-state index contributed by atoms with van der Waals surface area (Å²) in [6.45, 7) is 14.3. The van der Waals surface area contributed by atoms with E-state index in [4.69, 9.17) is 4.99 Å². The lowest BCUT2D eigenvalue weighted by atomic mass is 9.96. The third-order valence-corrected chi connectivity index (χ3v) is 4.10. The third kappa shape index (κ3) is 3.36. The molecule has 1 aromatic heterocycles. The number of amidine groups is 1. The van der Waals surface area contributed by atoms with Gasteiger partial charge in [-0.05, 0) is 66.2 Å². The predicted molar refractivity (Wildman–Crippen MR) is 94.8 cm³/mol. The molecule has 0 spiro atoms. The summed E-state index contributed by atoms with van der Waals surface area (Å²) in [7, 11) is 0. The molecule has 0 radical (unpaired) electrons. The molecule has 2 rings (SSSR count). The van der Waals surface area contributed by atoms with Crippen LogP contribution in [0.15, 0.2) is 35.1 Å². The zero-order valence-corrected chi connectivity index (χ0v) is 15.1. The van der Waals surface area contributed by atoms with Crippen LogP contribution in [-0.4, -0.2) is 27.3 Å². The average molecular weight is 315 g/mol. The van der Waals surface area contributed by atoms with Gasteiger partial charge in [-0.25, -0.2) is 4.39 Å². The Morgan fingerprint density at radius 1 is 1.30 bits per heavy atom. The van der Waals surface area contributed by atoms with Crippen LogP contribution in [0.4, 0.5) is 4.39 Å². The van der Waals surface area contributed by atoms with Gasteiger partial charge < -0.3 is 4.90 Å². The van der Waals surface area contributed by atoms with Crippen molar-refractivity contribution in [2.45, 2.75) is 60.0 Å². The second-order valence-electron chi connectivity index (χ2n) is 6.76. The van der Waals surface area contributed by atoms with Crippen molar-refractivity contribution in [3.63, 3.8) is 0 Å². The summed E-state index contributed by atoms with van der Waals surface area (Å²) in [6, 6.07) is 2.09. The predicted octanol–water partition coefficient (Wildman–Crippen LogP) is 4.74. The second kappa shape index (κ2) is 6.26. The normalized spacial score (nSPS) is 19.7. The summed E-state index contributed by atoms with van der Waals surface area (Å²) in [6.07, 6.45) is 5.28. The van der Waals surface area contributed by atoms with E-state index < -0.39 is 0 Å². The zero-order chi connectivity index (χ0) is 17.4. The zero-order valence-electron chi connectivity index (χ0n) is 15.1. The van der Waals surface area contributed by atoms with E-state index >= 15 is 0 Å². The SMILES string of the molecule is C/C=C(\C=C1\N(C(C)C)C(C)=NC1(C)C)c1cc(C)ncc1F. The minimum Gasteiger partial charge on any atom is -0.329 e. The number of halogens is 1. The molecule has 1 aliphatic rings. The van der Waals surface area contributed by atoms with E-state index in [1.165, 1.54) is 6.20 Å². The number of aliphatic imine (C=N–C) groups is 1. The Bertz CT molecular complexity index is 697. The molecule has 0 unspecified atom stereocenters. The van der Waals surface area contributed by atoms with Crippen LogP contribution < -0.4 is 0 Å². The molecule has 0 saturated carbocycles. The van der Waals surface area contributed by atoms with Gasteiger partial charge in [0, 0.05) is 23.0 Å². The highest BCUT2D eigenvalue weighted by molar-refractivity contribution is 5.87. The fraction of sp³-hybridized carbons (Fsp3) is 0.474. The van der Waals surface area contributed by atoms with Gasteiger partial charge in [0.15, 0.2) is 0 Å². The molecule has 0 amide bonds. The van der Waals surface area contributed by atoms with Crippen LogP contribution in [-0.2, 0) is 0 Å². The van der Waals surface area contributed by atoms with E-state index in [0.29, 0.717) is 11.6 Å². The monoisotopic (exact) mass is 315 g/mol. The number of allylic oxidation sites excluding steroid dienone is 3. The highest BCUT2D eigenvalue weighted by Crippen LogP contribution is 2.35. The third-order valence-electron chi connectivity index (χ3n) is 4.10. The van der Waals surface area contributed by atoms with Crippen LogP contribution in [0.5, 0.6) is 0 Å². The van der Waals surface area contributed by atoms with Crippen molar-refractivity contribution in [2.24, 2.45) is 4.99 Å². The molecule has 0 aromatic carbocycles. The largest absolute Gasteiger partial charge is 0.329 e. The van der Waals surface area contributed by atoms with Crippen molar-refractivity contribution in [3.8, 4) is 0 Å². The van der Waals surface area contributed by atoms with Gasteiger partial charge in [0.25, 0.3) is 0 Å². The highest BCUT2D eigenvalue weighted by atomic mass is 19.1. The van der Waals surface area contributed by atoms with Crippen LogP contribution in [0, 0.1) is 12.7 Å². The van der Waals surface area contributed by atoms with Gasteiger partial charge in [0.2, 0.25) is 0 Å². The summed E-state index contributed by atoms with van der Waals surface area (Å²) in [4.78, 5) is 11.0. The highest BCUT2D eigenvalue weighted by Gasteiger charge is 2.36. The fourth-order valence-electron chi connectivity index (χ4n) is 3.11. The Hall–Kier alpha value is -1.97. The first-order valence-electron chi connectivity index (χ1n) is 8.04. The Balaban J connectivity index is 2.55. The van der Waals surface area contributed by atoms with Gasteiger partial charge in [-0.15, -0.1) is 0 Å². The lowest BCUT2D eigenvalue weighted by Gasteiger charge is -2.30. The first-order chi connectivity index (χ1) is 10.7. The first-order valence-corrected chi connectivity index (χ1v) is 8.04. The summed E-state index contributed by atoms with van der Waals surface area (Å²) in [5.74, 6) is 0.697. The molecule has 23 heavy (non-hydrogen) atoms. The summed E-state index contributed by atoms with van der Waals surface area (Å²) in [5.41, 5.74) is 3.01. The van der Waals surface area contributed by atoms with Crippen LogP contribution in [0.25, 0.3) is 5.57 Å². The summed E-state index contributed by atoms with van der Waals surface area (Å²) >= 11 is 0. The number of hydrogen-bond acceptors (Lipinski definition) is 3. The number of rotatable bonds is 3. The van der Waals surface area contributed by atoms with Crippen molar-refractivity contribution >= 4 is 11.4 Å². The molecule has 124 valence electrons. The van der Waals surface area contributed by atoms with Crippen LogP contribution in [0.2, 0.25) is 0 Å². The first kappa shape index (κ1) is 17.4. The van der Waals surface area contributed by atoms with Crippen molar-refractivity contribution in [3.05, 3.63) is 47.2 Å². The van der Waals surface area contributed by atoms with Crippen molar-refractivity contribution < 1.29 is 4.39 Å². The van der Waals surface area contributed by atoms with Gasteiger partial charge in [-0.2, -0.15) is 0 Å². The lowest BCUT2D eigenvalue weighted by Crippen LogP contribution is -2.34. The smallest absolute Gasteiger partial charge is 0.149 e. The molecule has 4 heteroatoms. The van der Waals surface area contributed by atoms with Gasteiger partial charge >= 0.3 is 0 Å². The molecule has 3 nitrogen and oxygen atoms in total. The van der Waals surface area contributed by atoms with Crippen LogP contribution in [0.3, 0.4) is 0 Å². The van der Waals surface area contributed by atoms with E-state index in [1.807, 2.05) is 26.8 Å². The van der Waals surface area contributed by atoms with E-state index in [9.17, 15) is 4.39 Å². The molecular weight excluding hydrogens is 289 g/mol. The minimum atomic E-state index is -0.318. The molecule has 1 aromatic rings. The maximum atomic E-state index is 14.2. The maximum absolute atomic E-state index is 14.2. The second-order valence-corrected chi connectivity index (χ2v) is 6.76. The molecule has 2 heterocycles. The van der Waals surface area contributed by atoms with Gasteiger partial charge in [-0.3, -0.25) is 9.98 Å². The maximum Gasteiger partial charge on any atom is 0.149 e. The number of pyridine rings is 1. The average Bonchev–Trinajstić information content (AvgIpc) is 2.67. The van der Waals surface area contributed by atoms with Crippen molar-refractivity contribution in [2.75, 3.05) is 0 Å². The molecule has 0 fully saturated rings. The Morgan fingerprint density at radius 3 is 2.52 bits per heavy atom. The molecule has 0 atom stereocenters. The van der Waals surface area contributed by atoms with Gasteiger partial charge in [0.1, 0.15) is 11.7 Å². The standard InChI is InChI=1S/C19H26FN3/c1-8-15(16-9-13(4)21-11-17(16)20)10-18-19(6,7)22-14(5)23(18)12(2)3/h8-12H,1-7H3/b15-8+,18-10+. The molecule has 0 saturated heterocycles. The molecule has 0 aliphatic carbocycles. The lowest BCUT2D eigenvalue weighted by molar-refractivity contribution is 0.399. The summed E-state index contributed by atoms with van der Waals surface area (Å²) < 4.78 is 14.2. The number of hydrogen-bond donors (Lipinski definition) is 0. The van der Waals surface area contributed by atoms with Crippen molar-refractivity contribution in [1.29, 1.82) is 0 Å². The summed E-state index contributed by atoms with van der Waals surface area (Å²) in [5, 5.41) is 0. The van der Waals surface area contributed by atoms with Crippen LogP contribution in [0.1, 0.15) is 52.8 Å². The van der Waals surface area contributed by atoms with Crippen molar-refractivity contribution in [1.82, 2.24) is 9.88 Å². The topological polar surface area (TPSA) is 28.5 Å². The Morgan fingerprint density at radius 2 is 1.96 bits per heavy atom. The number of nitrogens with zero attached hydrogens (tertiary/aromatic N) is 3. The molecule has 0 bridgehead atoms. The van der Waals surface area contributed by atoms with E-state index in [2.05, 4.69) is 43.7 Å². The van der Waals surface area contributed by atoms with E-state index in [0.717, 1.165) is 22.8 Å². The Labute approximate surface area is 138 Å².